The Morgan fingerprint density at radius 3 is 2.60 bits per heavy atom. The Bertz CT molecular complexity index is 361. The molecule has 1 aromatic rings. The normalized spacial score (nSPS) is 19.1. The van der Waals surface area contributed by atoms with E-state index in [4.69, 9.17) is 4.74 Å². The molecule has 0 aliphatic carbocycles. The molecule has 1 heterocycles. The molecular formula is C17H28N2O. The van der Waals surface area contributed by atoms with E-state index in [1.54, 1.807) is 0 Å². The lowest BCUT2D eigenvalue weighted by Gasteiger charge is -2.33. The van der Waals surface area contributed by atoms with Crippen molar-refractivity contribution in [2.75, 3.05) is 26.2 Å². The van der Waals surface area contributed by atoms with Crippen LogP contribution in [0.5, 0.6) is 0 Å². The van der Waals surface area contributed by atoms with E-state index in [0.29, 0.717) is 12.1 Å². The van der Waals surface area contributed by atoms with Crippen molar-refractivity contribution in [2.24, 2.45) is 0 Å². The Morgan fingerprint density at radius 1 is 1.25 bits per heavy atom. The van der Waals surface area contributed by atoms with Crippen molar-refractivity contribution in [3.05, 3.63) is 35.9 Å². The zero-order valence-corrected chi connectivity index (χ0v) is 12.8. The topological polar surface area (TPSA) is 24.5 Å². The SMILES string of the molecule is CCOC(C)CNC1CCN(Cc2ccccc2)CC1. The van der Waals surface area contributed by atoms with E-state index in [1.165, 1.54) is 31.5 Å². The first kappa shape index (κ1) is 15.5. The fourth-order valence-electron chi connectivity index (χ4n) is 2.81. The molecule has 1 N–H and O–H groups in total. The van der Waals surface area contributed by atoms with Crippen LogP contribution >= 0.6 is 0 Å². The van der Waals surface area contributed by atoms with E-state index in [2.05, 4.69) is 54.4 Å². The third kappa shape index (κ3) is 5.23. The van der Waals surface area contributed by atoms with Crippen molar-refractivity contribution >= 4 is 0 Å². The molecule has 0 bridgehead atoms. The molecule has 3 nitrogen and oxygen atoms in total. The van der Waals surface area contributed by atoms with Gasteiger partial charge in [0.25, 0.3) is 0 Å². The number of rotatable bonds is 7. The standard InChI is InChI=1S/C17H28N2O/c1-3-20-15(2)13-18-17-9-11-19(12-10-17)14-16-7-5-4-6-8-16/h4-8,15,17-18H,3,9-14H2,1-2H3. The summed E-state index contributed by atoms with van der Waals surface area (Å²) in [7, 11) is 0. The van der Waals surface area contributed by atoms with Crippen molar-refractivity contribution in [3.8, 4) is 0 Å². The van der Waals surface area contributed by atoms with Gasteiger partial charge in [-0.15, -0.1) is 0 Å². The van der Waals surface area contributed by atoms with E-state index in [1.807, 2.05) is 0 Å². The van der Waals surface area contributed by atoms with E-state index in [9.17, 15) is 0 Å². The van der Waals surface area contributed by atoms with Gasteiger partial charge in [-0.05, 0) is 45.3 Å². The number of hydrogen-bond acceptors (Lipinski definition) is 3. The van der Waals surface area contributed by atoms with Crippen LogP contribution in [0.1, 0.15) is 32.3 Å². The third-order valence-electron chi connectivity index (χ3n) is 3.98. The minimum absolute atomic E-state index is 0.322. The molecule has 3 heteroatoms. The van der Waals surface area contributed by atoms with Crippen LogP contribution in [-0.4, -0.2) is 43.3 Å². The maximum absolute atomic E-state index is 5.56. The van der Waals surface area contributed by atoms with Gasteiger partial charge in [-0.25, -0.2) is 0 Å². The van der Waals surface area contributed by atoms with Crippen LogP contribution in [0.25, 0.3) is 0 Å². The number of ether oxygens (including phenoxy) is 1. The highest BCUT2D eigenvalue weighted by Crippen LogP contribution is 2.13. The molecule has 112 valence electrons. The lowest BCUT2D eigenvalue weighted by molar-refractivity contribution is 0.0707. The Labute approximate surface area is 123 Å². The minimum Gasteiger partial charge on any atom is -0.377 e. The van der Waals surface area contributed by atoms with Gasteiger partial charge in [0.15, 0.2) is 0 Å². The molecule has 0 amide bonds. The summed E-state index contributed by atoms with van der Waals surface area (Å²) >= 11 is 0. The van der Waals surface area contributed by atoms with Crippen LogP contribution < -0.4 is 5.32 Å². The van der Waals surface area contributed by atoms with Gasteiger partial charge >= 0.3 is 0 Å². The maximum Gasteiger partial charge on any atom is 0.0671 e. The van der Waals surface area contributed by atoms with Gasteiger partial charge in [0.05, 0.1) is 6.10 Å². The number of benzene rings is 1. The molecule has 2 rings (SSSR count). The molecule has 20 heavy (non-hydrogen) atoms. The lowest BCUT2D eigenvalue weighted by Crippen LogP contribution is -2.44. The smallest absolute Gasteiger partial charge is 0.0671 e. The zero-order chi connectivity index (χ0) is 14.2. The second kappa shape index (κ2) is 8.40. The van der Waals surface area contributed by atoms with E-state index in [0.717, 1.165) is 19.7 Å². The molecule has 0 saturated carbocycles. The van der Waals surface area contributed by atoms with Crippen molar-refractivity contribution in [3.63, 3.8) is 0 Å². The highest BCUT2D eigenvalue weighted by atomic mass is 16.5. The Kier molecular flexibility index (Phi) is 6.51. The first-order valence-corrected chi connectivity index (χ1v) is 7.89. The average molecular weight is 276 g/mol. The molecule has 1 saturated heterocycles. The van der Waals surface area contributed by atoms with Crippen molar-refractivity contribution in [2.45, 2.75) is 45.4 Å². The van der Waals surface area contributed by atoms with Gasteiger partial charge in [0, 0.05) is 25.7 Å². The first-order chi connectivity index (χ1) is 9.78. The summed E-state index contributed by atoms with van der Waals surface area (Å²) in [5.41, 5.74) is 1.42. The molecular weight excluding hydrogens is 248 g/mol. The minimum atomic E-state index is 0.322. The van der Waals surface area contributed by atoms with Crippen LogP contribution in [0.3, 0.4) is 0 Å². The predicted octanol–water partition coefficient (Wildman–Crippen LogP) is 2.67. The average Bonchev–Trinajstić information content (AvgIpc) is 2.48. The quantitative estimate of drug-likeness (QED) is 0.828. The van der Waals surface area contributed by atoms with Gasteiger partial charge in [-0.2, -0.15) is 0 Å². The maximum atomic E-state index is 5.56. The van der Waals surface area contributed by atoms with Crippen LogP contribution in [0, 0.1) is 0 Å². The van der Waals surface area contributed by atoms with Crippen LogP contribution in [0.15, 0.2) is 30.3 Å². The van der Waals surface area contributed by atoms with Crippen molar-refractivity contribution < 1.29 is 4.74 Å². The summed E-state index contributed by atoms with van der Waals surface area (Å²) in [6.45, 7) is 9.43. The number of likely N-dealkylation sites (tertiary alicyclic amines) is 1. The van der Waals surface area contributed by atoms with Gasteiger partial charge in [-0.3, -0.25) is 4.90 Å². The summed E-state index contributed by atoms with van der Waals surface area (Å²) in [6, 6.07) is 11.4. The second-order valence-electron chi connectivity index (χ2n) is 5.71. The zero-order valence-electron chi connectivity index (χ0n) is 12.8. The predicted molar refractivity (Wildman–Crippen MR) is 83.8 cm³/mol. The summed E-state index contributed by atoms with van der Waals surface area (Å²) in [6.07, 6.45) is 2.81. The molecule has 0 aromatic heterocycles. The third-order valence-corrected chi connectivity index (χ3v) is 3.98. The molecule has 1 aliphatic heterocycles. The number of piperidine rings is 1. The molecule has 0 spiro atoms. The van der Waals surface area contributed by atoms with Gasteiger partial charge in [0.1, 0.15) is 0 Å². The molecule has 1 atom stereocenters. The van der Waals surface area contributed by atoms with Gasteiger partial charge in [0.2, 0.25) is 0 Å². The van der Waals surface area contributed by atoms with E-state index in [-0.39, 0.29) is 0 Å². The molecule has 1 unspecified atom stereocenters. The molecule has 1 aromatic carbocycles. The van der Waals surface area contributed by atoms with Gasteiger partial charge < -0.3 is 10.1 Å². The van der Waals surface area contributed by atoms with Crippen LogP contribution in [0.2, 0.25) is 0 Å². The highest BCUT2D eigenvalue weighted by Gasteiger charge is 2.19. The lowest BCUT2D eigenvalue weighted by atomic mass is 10.0. The van der Waals surface area contributed by atoms with Crippen LogP contribution in [-0.2, 0) is 11.3 Å². The fraction of sp³-hybridized carbons (Fsp3) is 0.647. The van der Waals surface area contributed by atoms with E-state index < -0.39 is 0 Å². The monoisotopic (exact) mass is 276 g/mol. The largest absolute Gasteiger partial charge is 0.377 e. The summed E-state index contributed by atoms with van der Waals surface area (Å²) in [5, 5.41) is 3.64. The Hall–Kier alpha value is -0.900. The summed E-state index contributed by atoms with van der Waals surface area (Å²) in [5.74, 6) is 0. The van der Waals surface area contributed by atoms with E-state index >= 15 is 0 Å². The number of hydrogen-bond donors (Lipinski definition) is 1. The Morgan fingerprint density at radius 2 is 1.95 bits per heavy atom. The fourth-order valence-corrected chi connectivity index (χ4v) is 2.81. The van der Waals surface area contributed by atoms with Crippen molar-refractivity contribution in [1.29, 1.82) is 0 Å². The second-order valence-corrected chi connectivity index (χ2v) is 5.71. The van der Waals surface area contributed by atoms with Gasteiger partial charge in [-0.1, -0.05) is 30.3 Å². The summed E-state index contributed by atoms with van der Waals surface area (Å²) in [4.78, 5) is 2.56. The highest BCUT2D eigenvalue weighted by molar-refractivity contribution is 5.14. The summed E-state index contributed by atoms with van der Waals surface area (Å²) < 4.78 is 5.56. The molecule has 0 radical (unpaired) electrons. The van der Waals surface area contributed by atoms with Crippen molar-refractivity contribution in [1.82, 2.24) is 10.2 Å². The number of nitrogens with one attached hydrogen (secondary N) is 1. The first-order valence-electron chi connectivity index (χ1n) is 7.89. The number of nitrogens with zero attached hydrogens (tertiary/aromatic N) is 1. The Balaban J connectivity index is 1.65. The van der Waals surface area contributed by atoms with Crippen LogP contribution in [0.4, 0.5) is 0 Å². The molecule has 1 aliphatic rings. The molecule has 1 fully saturated rings.